The summed E-state index contributed by atoms with van der Waals surface area (Å²) in [7, 11) is 1.50. The monoisotopic (exact) mass is 438 g/mol. The van der Waals surface area contributed by atoms with E-state index < -0.39 is 17.3 Å². The average Bonchev–Trinajstić information content (AvgIpc) is 2.68. The molecule has 0 aliphatic heterocycles. The average molecular weight is 439 g/mol. The zero-order valence-electron chi connectivity index (χ0n) is 19.1. The van der Waals surface area contributed by atoms with E-state index in [0.29, 0.717) is 29.7 Å². The minimum Gasteiger partial charge on any atom is -0.508 e. The van der Waals surface area contributed by atoms with E-state index >= 15 is 0 Å². The number of ether oxygens (including phenoxy) is 1. The lowest BCUT2D eigenvalue weighted by Crippen LogP contribution is -2.00. The Bertz CT molecular complexity index is 1070. The lowest BCUT2D eigenvalue weighted by Gasteiger charge is -2.16. The number of allylic oxidation sites excluding steroid dienone is 5. The van der Waals surface area contributed by atoms with Gasteiger partial charge in [0.2, 0.25) is 0 Å². The number of rotatable bonds is 8. The number of carbonyl (C=O) groups is 1. The predicted molar refractivity (Wildman–Crippen MR) is 126 cm³/mol. The molecule has 0 bridgehead atoms. The molecule has 0 aromatic heterocycles. The van der Waals surface area contributed by atoms with Crippen LogP contribution in [0.25, 0.3) is 6.08 Å². The summed E-state index contributed by atoms with van der Waals surface area (Å²) in [5.41, 5.74) is 3.84. The predicted octanol–water partition coefficient (Wildman–Crippen LogP) is 5.43. The summed E-state index contributed by atoms with van der Waals surface area (Å²) >= 11 is 0. The van der Waals surface area contributed by atoms with Crippen LogP contribution in [-0.2, 0) is 12.8 Å². The summed E-state index contributed by atoms with van der Waals surface area (Å²) < 4.78 is 5.47. The molecule has 0 amide bonds. The third-order valence-corrected chi connectivity index (χ3v) is 4.86. The minimum absolute atomic E-state index is 0.00656. The number of carbonyl (C=O) groups excluding carboxylic acids is 1. The second-order valence-electron chi connectivity index (χ2n) is 8.01. The molecule has 0 fully saturated rings. The van der Waals surface area contributed by atoms with Gasteiger partial charge in [0.15, 0.2) is 17.3 Å². The van der Waals surface area contributed by atoms with Crippen LogP contribution in [0.2, 0.25) is 0 Å². The lowest BCUT2D eigenvalue weighted by atomic mass is 9.95. The summed E-state index contributed by atoms with van der Waals surface area (Å²) in [5.74, 6) is -1.65. The van der Waals surface area contributed by atoms with Gasteiger partial charge in [-0.2, -0.15) is 0 Å². The van der Waals surface area contributed by atoms with Crippen molar-refractivity contribution < 1.29 is 30.0 Å². The van der Waals surface area contributed by atoms with Crippen molar-refractivity contribution in [3.8, 4) is 28.7 Å². The number of ketones is 1. The molecule has 2 rings (SSSR count). The molecule has 6 nitrogen and oxygen atoms in total. The molecule has 170 valence electrons. The number of hydrogen-bond donors (Lipinski definition) is 4. The maximum absolute atomic E-state index is 12.7. The van der Waals surface area contributed by atoms with Crippen LogP contribution in [0.5, 0.6) is 28.7 Å². The van der Waals surface area contributed by atoms with Crippen molar-refractivity contribution in [2.45, 2.75) is 40.5 Å². The van der Waals surface area contributed by atoms with Crippen molar-refractivity contribution in [2.75, 3.05) is 7.11 Å². The number of phenols is 4. The first-order valence-corrected chi connectivity index (χ1v) is 10.2. The molecule has 0 saturated carbocycles. The van der Waals surface area contributed by atoms with Crippen molar-refractivity contribution >= 4 is 11.9 Å². The Morgan fingerprint density at radius 2 is 1.47 bits per heavy atom. The molecule has 0 unspecified atom stereocenters. The Morgan fingerprint density at radius 3 is 2.00 bits per heavy atom. The number of benzene rings is 2. The van der Waals surface area contributed by atoms with E-state index in [9.17, 15) is 25.2 Å². The summed E-state index contributed by atoms with van der Waals surface area (Å²) in [6.07, 6.45) is 7.68. The molecule has 0 atom stereocenters. The van der Waals surface area contributed by atoms with Crippen molar-refractivity contribution in [3.05, 3.63) is 69.8 Å². The molecular weight excluding hydrogens is 408 g/mol. The van der Waals surface area contributed by atoms with Gasteiger partial charge in [-0.1, -0.05) is 29.4 Å². The van der Waals surface area contributed by atoms with Gasteiger partial charge in [0.1, 0.15) is 22.8 Å². The van der Waals surface area contributed by atoms with E-state index in [0.717, 1.165) is 28.8 Å². The maximum atomic E-state index is 12.7. The molecule has 0 heterocycles. The molecule has 0 saturated heterocycles. The van der Waals surface area contributed by atoms with E-state index in [4.69, 9.17) is 4.74 Å². The van der Waals surface area contributed by atoms with E-state index in [1.54, 1.807) is 0 Å². The van der Waals surface area contributed by atoms with E-state index in [1.807, 2.05) is 45.9 Å². The second-order valence-corrected chi connectivity index (χ2v) is 8.01. The van der Waals surface area contributed by atoms with Crippen molar-refractivity contribution in [1.82, 2.24) is 0 Å². The first kappa shape index (κ1) is 24.6. The van der Waals surface area contributed by atoms with Crippen LogP contribution in [0.4, 0.5) is 0 Å². The summed E-state index contributed by atoms with van der Waals surface area (Å²) in [5, 5.41) is 40.3. The summed E-state index contributed by atoms with van der Waals surface area (Å²) in [6.45, 7) is 7.86. The van der Waals surface area contributed by atoms with Gasteiger partial charge in [-0.05, 0) is 58.2 Å². The molecule has 2 aromatic rings. The van der Waals surface area contributed by atoms with Crippen molar-refractivity contribution in [2.24, 2.45) is 0 Å². The fraction of sp³-hybridized carbons (Fsp3) is 0.269. The lowest BCUT2D eigenvalue weighted by molar-refractivity contribution is 0.104. The van der Waals surface area contributed by atoms with E-state index in [-0.39, 0.29) is 17.1 Å². The highest BCUT2D eigenvalue weighted by Gasteiger charge is 2.18. The van der Waals surface area contributed by atoms with Gasteiger partial charge in [0.25, 0.3) is 0 Å². The highest BCUT2D eigenvalue weighted by Crippen LogP contribution is 2.38. The SMILES string of the molecule is COc1c(CC=C(C)C)cc(/C=C/C(=O)c2c(O)cc(O)cc2O)c(CC=C(C)C)c1O. The smallest absolute Gasteiger partial charge is 0.193 e. The molecular formula is C26H30O6. The fourth-order valence-electron chi connectivity index (χ4n) is 3.23. The van der Waals surface area contributed by atoms with Gasteiger partial charge < -0.3 is 25.2 Å². The fourth-order valence-corrected chi connectivity index (χ4v) is 3.23. The van der Waals surface area contributed by atoms with Crippen LogP contribution < -0.4 is 4.74 Å². The molecule has 0 radical (unpaired) electrons. The standard InChI is InChI=1S/C26H30O6/c1-15(2)6-8-18-12-17(20(10-7-16(3)4)25(31)26(18)32-5)9-11-21(28)24-22(29)13-19(27)14-23(24)30/h6-7,9,11-14,27,29-31H,8,10H2,1-5H3/b11-9+. The van der Waals surface area contributed by atoms with Gasteiger partial charge in [-0.25, -0.2) is 0 Å². The molecule has 32 heavy (non-hydrogen) atoms. The largest absolute Gasteiger partial charge is 0.508 e. The normalized spacial score (nSPS) is 10.8. The van der Waals surface area contributed by atoms with Crippen LogP contribution in [-0.4, -0.2) is 33.3 Å². The van der Waals surface area contributed by atoms with Gasteiger partial charge in [-0.15, -0.1) is 0 Å². The zero-order chi connectivity index (χ0) is 24.0. The Kier molecular flexibility index (Phi) is 8.13. The molecule has 2 aromatic carbocycles. The number of hydrogen-bond acceptors (Lipinski definition) is 6. The minimum atomic E-state index is -0.644. The Labute approximate surface area is 188 Å². The second kappa shape index (κ2) is 10.6. The Morgan fingerprint density at radius 1 is 0.906 bits per heavy atom. The van der Waals surface area contributed by atoms with Crippen LogP contribution in [0.3, 0.4) is 0 Å². The molecule has 0 spiro atoms. The number of aromatic hydroxyl groups is 4. The molecule has 6 heteroatoms. The summed E-state index contributed by atoms with van der Waals surface area (Å²) in [4.78, 5) is 12.7. The van der Waals surface area contributed by atoms with Crippen molar-refractivity contribution in [1.29, 1.82) is 0 Å². The van der Waals surface area contributed by atoms with Crippen LogP contribution in [0, 0.1) is 0 Å². The van der Waals surface area contributed by atoms with Gasteiger partial charge in [-0.3, -0.25) is 4.79 Å². The third-order valence-electron chi connectivity index (χ3n) is 4.86. The van der Waals surface area contributed by atoms with Crippen LogP contribution in [0.1, 0.15) is 54.7 Å². The topological polar surface area (TPSA) is 107 Å². The highest BCUT2D eigenvalue weighted by molar-refractivity contribution is 6.10. The molecule has 4 N–H and O–H groups in total. The molecule has 0 aliphatic carbocycles. The highest BCUT2D eigenvalue weighted by atomic mass is 16.5. The van der Waals surface area contributed by atoms with Gasteiger partial charge >= 0.3 is 0 Å². The first-order valence-electron chi connectivity index (χ1n) is 10.2. The summed E-state index contributed by atoms with van der Waals surface area (Å²) in [6, 6.07) is 3.82. The van der Waals surface area contributed by atoms with E-state index in [1.165, 1.54) is 19.3 Å². The third kappa shape index (κ3) is 5.94. The number of phenolic OH excluding ortho intramolecular Hbond substituents is 4. The first-order chi connectivity index (χ1) is 15.0. The van der Waals surface area contributed by atoms with E-state index in [2.05, 4.69) is 0 Å². The Balaban J connectivity index is 2.59. The zero-order valence-corrected chi connectivity index (χ0v) is 19.1. The van der Waals surface area contributed by atoms with Crippen LogP contribution in [0.15, 0.2) is 47.6 Å². The maximum Gasteiger partial charge on any atom is 0.193 e. The number of methoxy groups -OCH3 is 1. The Hall–Kier alpha value is -3.67. The van der Waals surface area contributed by atoms with Gasteiger partial charge in [0, 0.05) is 23.3 Å². The van der Waals surface area contributed by atoms with Gasteiger partial charge in [0.05, 0.1) is 7.11 Å². The quantitative estimate of drug-likeness (QED) is 0.249. The van der Waals surface area contributed by atoms with Crippen molar-refractivity contribution in [3.63, 3.8) is 0 Å². The van der Waals surface area contributed by atoms with Crippen LogP contribution >= 0.6 is 0 Å². The molecule has 0 aliphatic rings.